The first-order valence-electron chi connectivity index (χ1n) is 12.2. The van der Waals surface area contributed by atoms with Crippen LogP contribution in [0.15, 0.2) is 54.2 Å². The topological polar surface area (TPSA) is 140 Å². The van der Waals surface area contributed by atoms with Gasteiger partial charge in [0, 0.05) is 28.0 Å². The maximum absolute atomic E-state index is 14.3. The number of alkyl halides is 1. The minimum absolute atomic E-state index is 0.0367. The van der Waals surface area contributed by atoms with Crippen molar-refractivity contribution < 1.29 is 24.5 Å². The molecule has 2 aromatic carbocycles. The maximum atomic E-state index is 14.3. The zero-order valence-electron chi connectivity index (χ0n) is 21.5. The van der Waals surface area contributed by atoms with Crippen LogP contribution in [-0.4, -0.2) is 62.2 Å². The average Bonchev–Trinajstić information content (AvgIpc) is 3.36. The van der Waals surface area contributed by atoms with Gasteiger partial charge >= 0.3 is 0 Å². The molecule has 4 aromatic rings. The predicted octanol–water partition coefficient (Wildman–Crippen LogP) is 5.09. The standard InChI is InChI=1S/C27H28Cl2FN5O4S/c1-27(2,39)23(30)11-32-26(38)18-10-31-24(34-17-3-4-19-22(8-17)40-13-33-19)9-20(18)35-25(21(37)12-36)14-5-15(28)7-16(29)6-14/h3-10,13,21,23,25,36-37,39H,11-12H2,1-2H3,(H,32,38)(H2,31,34,35)/t21-,23-,25+/m1/s1. The van der Waals surface area contributed by atoms with Crippen molar-refractivity contribution in [3.05, 3.63) is 75.3 Å². The van der Waals surface area contributed by atoms with Gasteiger partial charge in [-0.3, -0.25) is 4.79 Å². The average molecular weight is 609 g/mol. The van der Waals surface area contributed by atoms with Gasteiger partial charge in [0.15, 0.2) is 0 Å². The lowest BCUT2D eigenvalue weighted by molar-refractivity contribution is -0.00177. The van der Waals surface area contributed by atoms with E-state index >= 15 is 0 Å². The lowest BCUT2D eigenvalue weighted by Gasteiger charge is -2.26. The van der Waals surface area contributed by atoms with Crippen LogP contribution in [0.1, 0.15) is 35.8 Å². The molecule has 0 aliphatic rings. The number of carbonyl (C=O) groups excluding carboxylic acids is 1. The Morgan fingerprint density at radius 3 is 2.52 bits per heavy atom. The molecular weight excluding hydrogens is 580 g/mol. The first-order valence-corrected chi connectivity index (χ1v) is 13.8. The number of fused-ring (bicyclic) bond motifs is 1. The minimum atomic E-state index is -1.72. The van der Waals surface area contributed by atoms with Crippen molar-refractivity contribution in [2.45, 2.75) is 37.8 Å². The van der Waals surface area contributed by atoms with Gasteiger partial charge in [-0.05, 0) is 55.8 Å². The Hall–Kier alpha value is -3.06. The Bertz CT molecular complexity index is 1480. The number of aliphatic hydroxyl groups is 3. The van der Waals surface area contributed by atoms with Crippen LogP contribution in [0.25, 0.3) is 10.2 Å². The Kier molecular flexibility index (Phi) is 9.44. The Labute approximate surface area is 244 Å². The van der Waals surface area contributed by atoms with E-state index in [1.807, 2.05) is 18.2 Å². The van der Waals surface area contributed by atoms with E-state index in [4.69, 9.17) is 23.2 Å². The number of nitrogens with one attached hydrogen (secondary N) is 3. The second-order valence-corrected chi connectivity index (χ2v) is 11.4. The zero-order chi connectivity index (χ0) is 29.0. The number of halogens is 3. The summed E-state index contributed by atoms with van der Waals surface area (Å²) >= 11 is 13.9. The molecule has 40 heavy (non-hydrogen) atoms. The molecule has 0 spiro atoms. The van der Waals surface area contributed by atoms with Gasteiger partial charge in [-0.25, -0.2) is 14.4 Å². The summed E-state index contributed by atoms with van der Waals surface area (Å²) in [7, 11) is 0. The molecule has 0 fully saturated rings. The van der Waals surface area contributed by atoms with E-state index < -0.39 is 43.0 Å². The zero-order valence-corrected chi connectivity index (χ0v) is 23.9. The summed E-state index contributed by atoms with van der Waals surface area (Å²) < 4.78 is 15.3. The van der Waals surface area contributed by atoms with E-state index in [9.17, 15) is 24.5 Å². The molecule has 0 saturated heterocycles. The Morgan fingerprint density at radius 2 is 1.85 bits per heavy atom. The molecule has 0 aliphatic carbocycles. The van der Waals surface area contributed by atoms with Crippen LogP contribution < -0.4 is 16.0 Å². The number of rotatable bonds is 11. The van der Waals surface area contributed by atoms with E-state index in [0.717, 1.165) is 15.9 Å². The Balaban J connectivity index is 1.69. The largest absolute Gasteiger partial charge is 0.394 e. The first kappa shape index (κ1) is 29.9. The number of pyridine rings is 1. The van der Waals surface area contributed by atoms with E-state index in [0.29, 0.717) is 21.4 Å². The lowest BCUT2D eigenvalue weighted by atomic mass is 10.0. The second-order valence-electron chi connectivity index (χ2n) is 9.68. The van der Waals surface area contributed by atoms with Gasteiger partial charge in [-0.1, -0.05) is 23.2 Å². The summed E-state index contributed by atoms with van der Waals surface area (Å²) in [6.45, 7) is 1.56. The third-order valence-corrected chi connectivity index (χ3v) is 7.32. The molecule has 6 N–H and O–H groups in total. The molecule has 1 amide bonds. The van der Waals surface area contributed by atoms with Gasteiger partial charge < -0.3 is 31.3 Å². The summed E-state index contributed by atoms with van der Waals surface area (Å²) in [4.78, 5) is 21.8. The lowest BCUT2D eigenvalue weighted by Crippen LogP contribution is -2.42. The molecule has 0 unspecified atom stereocenters. The fourth-order valence-corrected chi connectivity index (χ4v) is 5.12. The first-order chi connectivity index (χ1) is 18.9. The fourth-order valence-electron chi connectivity index (χ4n) is 3.86. The molecule has 2 aromatic heterocycles. The number of benzene rings is 2. The molecule has 3 atom stereocenters. The van der Waals surface area contributed by atoms with Crippen molar-refractivity contribution in [1.82, 2.24) is 15.3 Å². The number of aliphatic hydroxyl groups excluding tert-OH is 2. The molecule has 4 rings (SSSR count). The van der Waals surface area contributed by atoms with E-state index in [1.54, 1.807) is 23.7 Å². The van der Waals surface area contributed by atoms with Crippen LogP contribution in [0.4, 0.5) is 21.6 Å². The number of carbonyl (C=O) groups is 1. The highest BCUT2D eigenvalue weighted by molar-refractivity contribution is 7.16. The second kappa shape index (κ2) is 12.6. The van der Waals surface area contributed by atoms with Crippen molar-refractivity contribution in [3.63, 3.8) is 0 Å². The van der Waals surface area contributed by atoms with Crippen molar-refractivity contribution in [3.8, 4) is 0 Å². The summed E-state index contributed by atoms with van der Waals surface area (Å²) in [5.74, 6) is -0.301. The highest BCUT2D eigenvalue weighted by Gasteiger charge is 2.28. The molecule has 0 aliphatic heterocycles. The van der Waals surface area contributed by atoms with Crippen molar-refractivity contribution in [1.29, 1.82) is 0 Å². The van der Waals surface area contributed by atoms with E-state index in [-0.39, 0.29) is 11.3 Å². The van der Waals surface area contributed by atoms with E-state index in [1.165, 1.54) is 37.4 Å². The van der Waals surface area contributed by atoms with Crippen LogP contribution in [0.3, 0.4) is 0 Å². The third kappa shape index (κ3) is 7.36. The maximum Gasteiger partial charge on any atom is 0.255 e. The van der Waals surface area contributed by atoms with Gasteiger partial charge in [0.25, 0.3) is 5.91 Å². The van der Waals surface area contributed by atoms with Crippen LogP contribution in [-0.2, 0) is 0 Å². The molecular formula is C27H28Cl2FN5O4S. The summed E-state index contributed by atoms with van der Waals surface area (Å²) in [5.41, 5.74) is 2.40. The normalized spacial score (nSPS) is 14.0. The number of thiazole rings is 1. The van der Waals surface area contributed by atoms with Gasteiger partial charge in [-0.2, -0.15) is 0 Å². The molecule has 0 bridgehead atoms. The summed E-state index contributed by atoms with van der Waals surface area (Å²) in [6.07, 6.45) is -1.73. The molecule has 9 nitrogen and oxygen atoms in total. The molecule has 0 radical (unpaired) electrons. The monoisotopic (exact) mass is 607 g/mol. The summed E-state index contributed by atoms with van der Waals surface area (Å²) in [5, 5.41) is 39.7. The van der Waals surface area contributed by atoms with Crippen LogP contribution in [0.5, 0.6) is 0 Å². The van der Waals surface area contributed by atoms with Crippen molar-refractivity contribution >= 4 is 67.9 Å². The number of anilines is 3. The fraction of sp³-hybridized carbons (Fsp3) is 0.296. The third-order valence-electron chi connectivity index (χ3n) is 6.09. The number of nitrogens with zero attached hydrogens (tertiary/aromatic N) is 2. The van der Waals surface area contributed by atoms with Gasteiger partial charge in [-0.15, -0.1) is 11.3 Å². The van der Waals surface area contributed by atoms with Crippen LogP contribution in [0, 0.1) is 0 Å². The Morgan fingerprint density at radius 1 is 1.12 bits per heavy atom. The molecule has 0 saturated carbocycles. The van der Waals surface area contributed by atoms with Crippen molar-refractivity contribution in [2.75, 3.05) is 23.8 Å². The molecule has 2 heterocycles. The van der Waals surface area contributed by atoms with Crippen LogP contribution in [0.2, 0.25) is 10.0 Å². The van der Waals surface area contributed by atoms with Gasteiger partial charge in [0.05, 0.1) is 51.8 Å². The quantitative estimate of drug-likeness (QED) is 0.139. The van der Waals surface area contributed by atoms with E-state index in [2.05, 4.69) is 25.9 Å². The number of hydrogen-bond acceptors (Lipinski definition) is 9. The van der Waals surface area contributed by atoms with Gasteiger partial charge in [0.2, 0.25) is 0 Å². The number of amides is 1. The highest BCUT2D eigenvalue weighted by Crippen LogP contribution is 2.32. The predicted molar refractivity (Wildman–Crippen MR) is 157 cm³/mol. The smallest absolute Gasteiger partial charge is 0.255 e. The highest BCUT2D eigenvalue weighted by atomic mass is 35.5. The minimum Gasteiger partial charge on any atom is -0.394 e. The SMILES string of the molecule is CC(C)(O)[C@H](F)CNC(=O)c1cnc(Nc2ccc3ncsc3c2)cc1N[C@@H](c1cc(Cl)cc(Cl)c1)[C@H](O)CO. The summed E-state index contributed by atoms with van der Waals surface area (Å²) in [6, 6.07) is 10.9. The van der Waals surface area contributed by atoms with Gasteiger partial charge in [0.1, 0.15) is 18.1 Å². The van der Waals surface area contributed by atoms with Crippen molar-refractivity contribution in [2.24, 2.45) is 0 Å². The number of aromatic nitrogens is 2. The molecule has 212 valence electrons. The molecule has 13 heteroatoms. The van der Waals surface area contributed by atoms with Crippen LogP contribution >= 0.6 is 34.5 Å². The number of hydrogen-bond donors (Lipinski definition) is 6.